The van der Waals surface area contributed by atoms with Gasteiger partial charge in [-0.3, -0.25) is 0 Å². The molecule has 0 amide bonds. The van der Waals surface area contributed by atoms with E-state index in [2.05, 4.69) is 52.9 Å². The third kappa shape index (κ3) is 4.99. The van der Waals surface area contributed by atoms with Crippen molar-refractivity contribution in [2.45, 2.75) is 38.8 Å². The zero-order chi connectivity index (χ0) is 25.4. The Hall–Kier alpha value is -2.91. The fraction of sp³-hybridized carbons (Fsp3) is 0.444. The van der Waals surface area contributed by atoms with Gasteiger partial charge in [-0.25, -0.2) is 13.8 Å². The lowest BCUT2D eigenvalue weighted by atomic mass is 10.0. The van der Waals surface area contributed by atoms with Crippen molar-refractivity contribution in [2.75, 3.05) is 55.5 Å². The molecule has 3 aromatic rings. The second-order valence-corrected chi connectivity index (χ2v) is 11.0. The molecule has 36 heavy (non-hydrogen) atoms. The number of aromatic nitrogens is 1. The van der Waals surface area contributed by atoms with Crippen molar-refractivity contribution >= 4 is 33.5 Å². The standard InChI is InChI=1S/C27H33F2N5OS/c1-17(2)34-11-12-35-26-22(29)13-18(14-24(26)34)25-16-30-27(36-25)31-19-5-6-23(21(28)15-19)33-9-7-20(8-10-33)32(3)4/h5-6,13-17,20H,7-12H2,1-4H3,(H,30,31). The van der Waals surface area contributed by atoms with Crippen LogP contribution in [0.3, 0.4) is 0 Å². The lowest BCUT2D eigenvalue weighted by Crippen LogP contribution is -2.42. The summed E-state index contributed by atoms with van der Waals surface area (Å²) in [5, 5.41) is 3.83. The van der Waals surface area contributed by atoms with E-state index in [1.165, 1.54) is 23.5 Å². The van der Waals surface area contributed by atoms with Gasteiger partial charge >= 0.3 is 0 Å². The molecule has 5 rings (SSSR count). The first-order chi connectivity index (χ1) is 17.3. The minimum Gasteiger partial charge on any atom is -0.486 e. The van der Waals surface area contributed by atoms with Gasteiger partial charge in [0.05, 0.1) is 22.8 Å². The van der Waals surface area contributed by atoms with Gasteiger partial charge in [-0.1, -0.05) is 11.3 Å². The lowest BCUT2D eigenvalue weighted by molar-refractivity contribution is 0.249. The van der Waals surface area contributed by atoms with Crippen molar-refractivity contribution in [3.63, 3.8) is 0 Å². The molecule has 2 aromatic carbocycles. The van der Waals surface area contributed by atoms with Crippen LogP contribution in [0.2, 0.25) is 0 Å². The van der Waals surface area contributed by atoms with Gasteiger partial charge in [0.25, 0.3) is 0 Å². The van der Waals surface area contributed by atoms with Crippen LogP contribution in [0.5, 0.6) is 5.75 Å². The topological polar surface area (TPSA) is 43.9 Å². The molecule has 192 valence electrons. The molecule has 6 nitrogen and oxygen atoms in total. The second-order valence-electron chi connectivity index (χ2n) is 9.94. The molecule has 2 aliphatic rings. The lowest BCUT2D eigenvalue weighted by Gasteiger charge is -2.36. The molecular formula is C27H33F2N5OS. The molecule has 0 spiro atoms. The number of nitrogens with one attached hydrogen (secondary N) is 1. The fourth-order valence-electron chi connectivity index (χ4n) is 5.03. The van der Waals surface area contributed by atoms with E-state index in [-0.39, 0.29) is 17.7 Å². The van der Waals surface area contributed by atoms with Crippen LogP contribution in [0.1, 0.15) is 26.7 Å². The van der Waals surface area contributed by atoms with Crippen LogP contribution in [0.4, 0.5) is 31.0 Å². The summed E-state index contributed by atoms with van der Waals surface area (Å²) in [6.45, 7) is 7.06. The number of ether oxygens (including phenoxy) is 1. The zero-order valence-corrected chi connectivity index (χ0v) is 22.0. The van der Waals surface area contributed by atoms with Crippen molar-refractivity contribution in [2.24, 2.45) is 0 Å². The summed E-state index contributed by atoms with van der Waals surface area (Å²) in [5.41, 5.74) is 2.78. The zero-order valence-electron chi connectivity index (χ0n) is 21.2. The molecule has 1 N–H and O–H groups in total. The van der Waals surface area contributed by atoms with Gasteiger partial charge in [0.1, 0.15) is 12.4 Å². The Kier molecular flexibility index (Phi) is 7.03. The molecule has 3 heterocycles. The van der Waals surface area contributed by atoms with Crippen LogP contribution in [-0.2, 0) is 0 Å². The molecule has 0 bridgehead atoms. The fourth-order valence-corrected chi connectivity index (χ4v) is 5.86. The molecule has 9 heteroatoms. The van der Waals surface area contributed by atoms with Gasteiger partial charge in [0.15, 0.2) is 16.7 Å². The highest BCUT2D eigenvalue weighted by atomic mass is 32.1. The maximum Gasteiger partial charge on any atom is 0.187 e. The van der Waals surface area contributed by atoms with Crippen LogP contribution < -0.4 is 19.9 Å². The van der Waals surface area contributed by atoms with E-state index in [9.17, 15) is 4.39 Å². The van der Waals surface area contributed by atoms with E-state index in [4.69, 9.17) is 4.74 Å². The van der Waals surface area contributed by atoms with E-state index in [1.807, 2.05) is 18.2 Å². The molecular weight excluding hydrogens is 480 g/mol. The number of halogens is 2. The molecule has 1 fully saturated rings. The Morgan fingerprint density at radius 2 is 1.83 bits per heavy atom. The summed E-state index contributed by atoms with van der Waals surface area (Å²) in [7, 11) is 4.20. The van der Waals surface area contributed by atoms with Crippen LogP contribution in [-0.4, -0.2) is 62.3 Å². The van der Waals surface area contributed by atoms with Gasteiger partial charge in [-0.05, 0) is 76.7 Å². The van der Waals surface area contributed by atoms with Crippen molar-refractivity contribution in [3.8, 4) is 16.2 Å². The van der Waals surface area contributed by atoms with Gasteiger partial charge in [0, 0.05) is 37.1 Å². The monoisotopic (exact) mass is 513 g/mol. The predicted molar refractivity (Wildman–Crippen MR) is 144 cm³/mol. The number of piperidine rings is 1. The summed E-state index contributed by atoms with van der Waals surface area (Å²) < 4.78 is 35.5. The largest absolute Gasteiger partial charge is 0.486 e. The Bertz CT molecular complexity index is 1220. The minimum absolute atomic E-state index is 0.234. The van der Waals surface area contributed by atoms with Crippen molar-refractivity contribution in [3.05, 3.63) is 48.2 Å². The molecule has 0 radical (unpaired) electrons. The van der Waals surface area contributed by atoms with E-state index < -0.39 is 0 Å². The number of nitrogens with zero attached hydrogens (tertiary/aromatic N) is 4. The number of thiazole rings is 1. The van der Waals surface area contributed by atoms with Crippen molar-refractivity contribution in [1.29, 1.82) is 0 Å². The van der Waals surface area contributed by atoms with Gasteiger partial charge in [-0.2, -0.15) is 0 Å². The van der Waals surface area contributed by atoms with Crippen LogP contribution >= 0.6 is 11.3 Å². The molecule has 2 aliphatic heterocycles. The number of anilines is 4. The van der Waals surface area contributed by atoms with Crippen molar-refractivity contribution in [1.82, 2.24) is 9.88 Å². The molecule has 0 saturated carbocycles. The quantitative estimate of drug-likeness (QED) is 0.438. The summed E-state index contributed by atoms with van der Waals surface area (Å²) in [4.78, 5) is 11.8. The highest BCUT2D eigenvalue weighted by molar-refractivity contribution is 7.18. The Morgan fingerprint density at radius 1 is 1.06 bits per heavy atom. The van der Waals surface area contributed by atoms with E-state index >= 15 is 4.39 Å². The smallest absolute Gasteiger partial charge is 0.187 e. The normalized spacial score (nSPS) is 16.4. The van der Waals surface area contributed by atoms with Gasteiger partial charge in [-0.15, -0.1) is 0 Å². The average molecular weight is 514 g/mol. The highest BCUT2D eigenvalue weighted by Gasteiger charge is 2.25. The van der Waals surface area contributed by atoms with E-state index in [0.717, 1.165) is 48.6 Å². The first-order valence-corrected chi connectivity index (χ1v) is 13.3. The van der Waals surface area contributed by atoms with Crippen LogP contribution in [0.25, 0.3) is 10.4 Å². The molecule has 0 unspecified atom stereocenters. The minimum atomic E-state index is -0.372. The Balaban J connectivity index is 1.31. The van der Waals surface area contributed by atoms with E-state index in [0.29, 0.717) is 34.9 Å². The summed E-state index contributed by atoms with van der Waals surface area (Å²) in [6, 6.07) is 9.48. The molecule has 1 saturated heterocycles. The predicted octanol–water partition coefficient (Wildman–Crippen LogP) is 5.97. The number of hydrogen-bond acceptors (Lipinski definition) is 7. The summed E-state index contributed by atoms with van der Waals surface area (Å²) in [6.07, 6.45) is 3.77. The summed E-state index contributed by atoms with van der Waals surface area (Å²) >= 11 is 1.41. The Morgan fingerprint density at radius 3 is 2.53 bits per heavy atom. The Labute approximate surface area is 215 Å². The average Bonchev–Trinajstić information content (AvgIpc) is 3.32. The van der Waals surface area contributed by atoms with Gasteiger partial charge < -0.3 is 24.8 Å². The number of rotatable bonds is 6. The maximum absolute atomic E-state index is 15.0. The SMILES string of the molecule is CC(C)N1CCOc2c(F)cc(-c3cnc(Nc4ccc(N5CCC(N(C)C)CC5)c(F)c4)s3)cc21. The third-order valence-corrected chi connectivity index (χ3v) is 8.02. The second kappa shape index (κ2) is 10.2. The molecule has 1 aromatic heterocycles. The number of hydrogen-bond donors (Lipinski definition) is 1. The molecule has 0 atom stereocenters. The van der Waals surface area contributed by atoms with Gasteiger partial charge in [0.2, 0.25) is 0 Å². The first kappa shape index (κ1) is 24.8. The van der Waals surface area contributed by atoms with Crippen LogP contribution in [0.15, 0.2) is 36.5 Å². The van der Waals surface area contributed by atoms with Crippen LogP contribution in [0, 0.1) is 11.6 Å². The first-order valence-electron chi connectivity index (χ1n) is 12.5. The number of benzene rings is 2. The van der Waals surface area contributed by atoms with E-state index in [1.54, 1.807) is 6.20 Å². The molecule has 0 aliphatic carbocycles. The summed E-state index contributed by atoms with van der Waals surface area (Å²) in [5.74, 6) is -0.309. The maximum atomic E-state index is 15.0. The van der Waals surface area contributed by atoms with Crippen molar-refractivity contribution < 1.29 is 13.5 Å². The number of fused-ring (bicyclic) bond motifs is 1. The highest BCUT2D eigenvalue weighted by Crippen LogP contribution is 2.41. The third-order valence-electron chi connectivity index (χ3n) is 7.06.